The molecule has 17 heavy (non-hydrogen) atoms. The maximum Gasteiger partial charge on any atom is 0.324 e. The molecule has 1 atom stereocenters. The minimum atomic E-state index is -0.833. The molecule has 0 saturated carbocycles. The lowest BCUT2D eigenvalue weighted by molar-refractivity contribution is -0.384. The van der Waals surface area contributed by atoms with Gasteiger partial charge in [-0.1, -0.05) is 6.07 Å². The number of carbonyl (C=O) groups excluding carboxylic acids is 1. The van der Waals surface area contributed by atoms with Gasteiger partial charge < -0.3 is 4.74 Å². The number of nitro benzene ring substituents is 1. The Balaban J connectivity index is 2.93. The first-order chi connectivity index (χ1) is 7.95. The number of nitrogens with zero attached hydrogens (tertiary/aromatic N) is 1. The molecule has 5 nitrogen and oxygen atoms in total. The minimum Gasteiger partial charge on any atom is -0.468 e. The van der Waals surface area contributed by atoms with E-state index < -0.39 is 16.3 Å². The van der Waals surface area contributed by atoms with Gasteiger partial charge in [0.15, 0.2) is 0 Å². The van der Waals surface area contributed by atoms with E-state index in [-0.39, 0.29) is 12.1 Å². The van der Waals surface area contributed by atoms with E-state index in [1.807, 2.05) is 0 Å². The zero-order valence-corrected chi connectivity index (χ0v) is 10.2. The SMILES string of the molecule is COC(=O)C(Cl)Cc1cc([N+](=O)[O-])ccc1C. The zero-order valence-electron chi connectivity index (χ0n) is 9.47. The second-order valence-electron chi connectivity index (χ2n) is 3.56. The Morgan fingerprint density at radius 2 is 2.24 bits per heavy atom. The summed E-state index contributed by atoms with van der Waals surface area (Å²) in [6.07, 6.45) is 0.210. The lowest BCUT2D eigenvalue weighted by atomic mass is 10.0. The van der Waals surface area contributed by atoms with Crippen LogP contribution in [0.2, 0.25) is 0 Å². The summed E-state index contributed by atoms with van der Waals surface area (Å²) in [5, 5.41) is 9.79. The van der Waals surface area contributed by atoms with Crippen molar-refractivity contribution in [2.75, 3.05) is 7.11 Å². The molecular formula is C11H12ClNO4. The summed E-state index contributed by atoms with van der Waals surface area (Å²) in [6.45, 7) is 1.81. The van der Waals surface area contributed by atoms with Gasteiger partial charge in [0.2, 0.25) is 0 Å². The number of halogens is 1. The fourth-order valence-corrected chi connectivity index (χ4v) is 1.65. The third kappa shape index (κ3) is 3.42. The highest BCUT2D eigenvalue weighted by molar-refractivity contribution is 6.30. The normalized spacial score (nSPS) is 11.9. The number of nitro groups is 1. The molecule has 92 valence electrons. The maximum atomic E-state index is 11.2. The number of non-ortho nitro benzene ring substituents is 1. The van der Waals surface area contributed by atoms with Crippen molar-refractivity contribution in [1.82, 2.24) is 0 Å². The molecule has 1 rings (SSSR count). The predicted molar refractivity (Wildman–Crippen MR) is 63.2 cm³/mol. The van der Waals surface area contributed by atoms with Gasteiger partial charge >= 0.3 is 5.97 Å². The van der Waals surface area contributed by atoms with E-state index in [1.54, 1.807) is 13.0 Å². The van der Waals surface area contributed by atoms with Crippen LogP contribution < -0.4 is 0 Å². The van der Waals surface area contributed by atoms with Gasteiger partial charge in [0.05, 0.1) is 12.0 Å². The second kappa shape index (κ2) is 5.63. The van der Waals surface area contributed by atoms with Crippen molar-refractivity contribution in [3.63, 3.8) is 0 Å². The fraction of sp³-hybridized carbons (Fsp3) is 0.364. The van der Waals surface area contributed by atoms with Gasteiger partial charge in [-0.25, -0.2) is 0 Å². The molecule has 0 fully saturated rings. The van der Waals surface area contributed by atoms with Crippen molar-refractivity contribution in [3.05, 3.63) is 39.4 Å². The Morgan fingerprint density at radius 3 is 2.76 bits per heavy atom. The molecule has 0 aliphatic heterocycles. The lowest BCUT2D eigenvalue weighted by Crippen LogP contribution is -2.19. The molecular weight excluding hydrogens is 246 g/mol. The number of rotatable bonds is 4. The fourth-order valence-electron chi connectivity index (χ4n) is 1.40. The Kier molecular flexibility index (Phi) is 4.45. The summed E-state index contributed by atoms with van der Waals surface area (Å²) in [5.41, 5.74) is 1.51. The van der Waals surface area contributed by atoms with E-state index >= 15 is 0 Å². The van der Waals surface area contributed by atoms with Crippen LogP contribution in [0.1, 0.15) is 11.1 Å². The highest BCUT2D eigenvalue weighted by atomic mass is 35.5. The third-order valence-electron chi connectivity index (χ3n) is 2.40. The van der Waals surface area contributed by atoms with Gasteiger partial charge in [-0.3, -0.25) is 14.9 Å². The first-order valence-corrected chi connectivity index (χ1v) is 5.35. The number of methoxy groups -OCH3 is 1. The number of alkyl halides is 1. The molecule has 0 N–H and O–H groups in total. The Labute approximate surface area is 103 Å². The molecule has 1 aromatic rings. The van der Waals surface area contributed by atoms with Crippen LogP contribution in [0, 0.1) is 17.0 Å². The monoisotopic (exact) mass is 257 g/mol. The molecule has 0 radical (unpaired) electrons. The topological polar surface area (TPSA) is 69.4 Å². The predicted octanol–water partition coefficient (Wildman–Crippen LogP) is 2.23. The van der Waals surface area contributed by atoms with Crippen LogP contribution in [0.15, 0.2) is 18.2 Å². The van der Waals surface area contributed by atoms with Crippen molar-refractivity contribution in [3.8, 4) is 0 Å². The molecule has 0 aliphatic rings. The van der Waals surface area contributed by atoms with Crippen LogP contribution in [0.5, 0.6) is 0 Å². The van der Waals surface area contributed by atoms with E-state index in [1.165, 1.54) is 19.2 Å². The van der Waals surface area contributed by atoms with Crippen molar-refractivity contribution >= 4 is 23.3 Å². The van der Waals surface area contributed by atoms with E-state index in [0.29, 0.717) is 5.56 Å². The summed E-state index contributed by atoms with van der Waals surface area (Å²) < 4.78 is 4.50. The van der Waals surface area contributed by atoms with Crippen LogP contribution in [0.25, 0.3) is 0 Å². The molecule has 6 heteroatoms. The quantitative estimate of drug-likeness (QED) is 0.359. The number of esters is 1. The zero-order chi connectivity index (χ0) is 13.0. The number of ether oxygens (including phenoxy) is 1. The van der Waals surface area contributed by atoms with Gasteiger partial charge in [0, 0.05) is 12.1 Å². The molecule has 0 aromatic heterocycles. The number of hydrogen-bond donors (Lipinski definition) is 0. The molecule has 0 spiro atoms. The van der Waals surface area contributed by atoms with Gasteiger partial charge in [-0.15, -0.1) is 11.6 Å². The largest absolute Gasteiger partial charge is 0.468 e. The van der Waals surface area contributed by atoms with Crippen LogP contribution in [0.4, 0.5) is 5.69 Å². The molecule has 1 unspecified atom stereocenters. The summed E-state index contributed by atoms with van der Waals surface area (Å²) in [6, 6.07) is 4.47. The molecule has 0 amide bonds. The van der Waals surface area contributed by atoms with Crippen molar-refractivity contribution < 1.29 is 14.5 Å². The summed E-state index contributed by atoms with van der Waals surface area (Å²) in [5.74, 6) is -0.544. The van der Waals surface area contributed by atoms with Crippen LogP contribution in [0.3, 0.4) is 0 Å². The van der Waals surface area contributed by atoms with Crippen LogP contribution in [-0.4, -0.2) is 23.4 Å². The van der Waals surface area contributed by atoms with E-state index in [9.17, 15) is 14.9 Å². The first-order valence-electron chi connectivity index (χ1n) is 4.91. The third-order valence-corrected chi connectivity index (χ3v) is 2.73. The second-order valence-corrected chi connectivity index (χ2v) is 4.09. The van der Waals surface area contributed by atoms with Crippen molar-refractivity contribution in [2.45, 2.75) is 18.7 Å². The molecule has 0 heterocycles. The molecule has 0 bridgehead atoms. The van der Waals surface area contributed by atoms with Gasteiger partial charge in [-0.2, -0.15) is 0 Å². The van der Waals surface area contributed by atoms with E-state index in [4.69, 9.17) is 11.6 Å². The lowest BCUT2D eigenvalue weighted by Gasteiger charge is -2.09. The van der Waals surface area contributed by atoms with Crippen LogP contribution >= 0.6 is 11.6 Å². The average Bonchev–Trinajstić information content (AvgIpc) is 2.30. The van der Waals surface area contributed by atoms with Gasteiger partial charge in [0.1, 0.15) is 5.38 Å². The molecule has 1 aromatic carbocycles. The van der Waals surface area contributed by atoms with Crippen LogP contribution in [-0.2, 0) is 16.0 Å². The Morgan fingerprint density at radius 1 is 1.59 bits per heavy atom. The number of hydrogen-bond acceptors (Lipinski definition) is 4. The number of aryl methyl sites for hydroxylation is 1. The van der Waals surface area contributed by atoms with Gasteiger partial charge in [-0.05, 0) is 24.5 Å². The maximum absolute atomic E-state index is 11.2. The summed E-state index contributed by atoms with van der Waals surface area (Å²) in [7, 11) is 1.25. The standard InChI is InChI=1S/C11H12ClNO4/c1-7-3-4-9(13(15)16)5-8(7)6-10(12)11(14)17-2/h3-5,10H,6H2,1-2H3. The summed E-state index contributed by atoms with van der Waals surface area (Å²) in [4.78, 5) is 21.3. The van der Waals surface area contributed by atoms with E-state index in [0.717, 1.165) is 5.56 Å². The van der Waals surface area contributed by atoms with Crippen molar-refractivity contribution in [1.29, 1.82) is 0 Å². The number of carbonyl (C=O) groups is 1. The number of benzene rings is 1. The first kappa shape index (κ1) is 13.4. The molecule has 0 aliphatic carbocycles. The highest BCUT2D eigenvalue weighted by Crippen LogP contribution is 2.20. The van der Waals surface area contributed by atoms with Crippen molar-refractivity contribution in [2.24, 2.45) is 0 Å². The van der Waals surface area contributed by atoms with Gasteiger partial charge in [0.25, 0.3) is 5.69 Å². The Bertz CT molecular complexity index is 447. The summed E-state index contributed by atoms with van der Waals surface area (Å²) >= 11 is 5.83. The smallest absolute Gasteiger partial charge is 0.324 e. The highest BCUT2D eigenvalue weighted by Gasteiger charge is 2.18. The average molecular weight is 258 g/mol. The van der Waals surface area contributed by atoms with E-state index in [2.05, 4.69) is 4.74 Å². The minimum absolute atomic E-state index is 0.0145. The molecule has 0 saturated heterocycles. The Hall–Kier alpha value is -1.62.